The third-order valence-electron chi connectivity index (χ3n) is 24.2. The van der Waals surface area contributed by atoms with Gasteiger partial charge >= 0.3 is 0 Å². The molecule has 644 valence electrons. The highest BCUT2D eigenvalue weighted by Gasteiger charge is 2.39. The molecule has 0 aliphatic carbocycles. The Morgan fingerprint density at radius 2 is 0.784 bits per heavy atom. The lowest BCUT2D eigenvalue weighted by Gasteiger charge is -2.46. The zero-order valence-electron chi connectivity index (χ0n) is 72.3. The Morgan fingerprint density at radius 1 is 0.416 bits per heavy atom. The van der Waals surface area contributed by atoms with E-state index >= 15 is 13.2 Å². The van der Waals surface area contributed by atoms with E-state index in [9.17, 15) is 8.42 Å². The predicted octanol–water partition coefficient (Wildman–Crippen LogP) is 17.5. The second-order valence-electron chi connectivity index (χ2n) is 33.6. The van der Waals surface area contributed by atoms with E-state index in [2.05, 4.69) is 173 Å². The maximum absolute atomic E-state index is 15.1. The summed E-state index contributed by atoms with van der Waals surface area (Å²) in [5.41, 5.74) is 17.9. The Kier molecular flexibility index (Phi) is 22.4. The van der Waals surface area contributed by atoms with Crippen LogP contribution in [0, 0.1) is 59.0 Å². The number of anilines is 11. The number of nitrogens with zero attached hydrogens (tertiary/aromatic N) is 19. The van der Waals surface area contributed by atoms with Crippen LogP contribution in [-0.2, 0) is 10.0 Å². The number of rotatable bonds is 16. The second-order valence-corrected chi connectivity index (χ2v) is 35.9. The molecule has 7 aromatic heterocycles. The highest BCUT2D eigenvalue weighted by Crippen LogP contribution is 2.44. The first-order chi connectivity index (χ1) is 60.3. The number of piperazine rings is 3. The summed E-state index contributed by atoms with van der Waals surface area (Å²) in [4.78, 5) is 56.9. The molecule has 3 atom stereocenters. The Morgan fingerprint density at radius 3 is 1.16 bits per heavy atom. The molecule has 6 aliphatic heterocycles. The Balaban J connectivity index is 0.000000127. The van der Waals surface area contributed by atoms with Crippen LogP contribution in [0.2, 0.25) is 0 Å². The van der Waals surface area contributed by atoms with Gasteiger partial charge in [0.1, 0.15) is 77.4 Å². The number of imidazole rings is 3. The monoisotopic (exact) mass is 1710 g/mol. The summed E-state index contributed by atoms with van der Waals surface area (Å²) >= 11 is 0. The van der Waals surface area contributed by atoms with Crippen molar-refractivity contribution in [3.63, 3.8) is 0 Å². The van der Waals surface area contributed by atoms with E-state index in [1.165, 1.54) is 24.3 Å². The second kappa shape index (κ2) is 33.8. The van der Waals surface area contributed by atoms with Crippen LogP contribution in [0.3, 0.4) is 0 Å². The number of aryl methyl sites for hydroxylation is 6. The molecule has 13 heterocycles. The molecular formula is C94H101F3N22O5S. The zero-order valence-corrected chi connectivity index (χ0v) is 73.1. The van der Waals surface area contributed by atoms with Gasteiger partial charge in [0.15, 0.2) is 17.5 Å². The fourth-order valence-corrected chi connectivity index (χ4v) is 19.6. The average Bonchev–Trinajstić information content (AvgIpc) is 1.63. The first-order valence-corrected chi connectivity index (χ1v) is 44.3. The third-order valence-corrected chi connectivity index (χ3v) is 26.1. The Labute approximate surface area is 724 Å². The molecule has 14 aromatic rings. The minimum absolute atomic E-state index is 0.0454. The van der Waals surface area contributed by atoms with Crippen molar-refractivity contribution in [2.45, 2.75) is 126 Å². The van der Waals surface area contributed by atoms with Gasteiger partial charge in [-0.25, -0.2) is 71.4 Å². The van der Waals surface area contributed by atoms with E-state index in [0.29, 0.717) is 79.5 Å². The molecule has 31 heteroatoms. The van der Waals surface area contributed by atoms with Crippen molar-refractivity contribution in [3.05, 3.63) is 216 Å². The summed E-state index contributed by atoms with van der Waals surface area (Å²) in [6.07, 6.45) is 5.45. The van der Waals surface area contributed by atoms with Gasteiger partial charge in [-0.15, -0.1) is 0 Å². The lowest BCUT2D eigenvalue weighted by Crippen LogP contribution is -2.58. The normalized spacial score (nSPS) is 16.7. The maximum atomic E-state index is 15.1. The molecular weight excluding hydrogens is 1610 g/mol. The smallest absolute Gasteiger partial charge is 0.227 e. The van der Waals surface area contributed by atoms with Gasteiger partial charge in [0.25, 0.3) is 0 Å². The molecule has 6 aliphatic rings. The topological polar surface area (TPSA) is 261 Å². The van der Waals surface area contributed by atoms with Gasteiger partial charge in [-0.1, -0.05) is 24.3 Å². The molecule has 0 radical (unpaired) electrons. The van der Waals surface area contributed by atoms with Crippen molar-refractivity contribution < 1.29 is 35.8 Å². The summed E-state index contributed by atoms with van der Waals surface area (Å²) < 4.78 is 96.5. The van der Waals surface area contributed by atoms with E-state index < -0.39 is 27.5 Å². The lowest BCUT2D eigenvalue weighted by atomic mass is 10.1. The number of ether oxygens (including phenoxy) is 3. The average molecular weight is 1710 g/mol. The van der Waals surface area contributed by atoms with E-state index in [0.717, 1.165) is 152 Å². The number of hydrogen-bond acceptors (Lipinski definition) is 23. The summed E-state index contributed by atoms with van der Waals surface area (Å²) in [7, 11) is -3.24. The predicted molar refractivity (Wildman–Crippen MR) is 487 cm³/mol. The van der Waals surface area contributed by atoms with E-state index in [1.54, 1.807) is 11.2 Å². The van der Waals surface area contributed by atoms with Crippen LogP contribution in [0.5, 0.6) is 17.2 Å². The third kappa shape index (κ3) is 16.3. The van der Waals surface area contributed by atoms with Gasteiger partial charge in [-0.05, 0) is 204 Å². The molecule has 0 bridgehead atoms. The van der Waals surface area contributed by atoms with Crippen LogP contribution in [0.25, 0.3) is 66.9 Å². The number of sulfonamides is 1. The zero-order chi connectivity index (χ0) is 87.0. The van der Waals surface area contributed by atoms with Crippen molar-refractivity contribution in [2.24, 2.45) is 0 Å². The van der Waals surface area contributed by atoms with Crippen LogP contribution in [0.15, 0.2) is 164 Å². The van der Waals surface area contributed by atoms with Crippen molar-refractivity contribution in [1.82, 2.24) is 67.8 Å². The SMILES string of the molecule is CCS(=O)(=O)N1CCN2c3ccc(Nc4ncc(F)c(-c5cc(C)c6nc(C)n(C(C)C)c6c5)n4)cc3OCC2C1.Cc1cc(-c2nc(Nc3ccc4c(c3)OCC3CN(c5ccccc5)CCN43)ncc2F)cc2c1nc(C)n2C(C)C.Cc1cc(-c2nc(Nc3ccc4c(c3)OCC3CN(c5ccccn5)CCN43)ncc2F)cc2c1nc(C)n2C(C)C. The molecule has 125 heavy (non-hydrogen) atoms. The molecule has 27 nitrogen and oxygen atoms in total. The maximum Gasteiger partial charge on any atom is 0.227 e. The minimum atomic E-state index is -3.24. The van der Waals surface area contributed by atoms with Gasteiger partial charge in [0.2, 0.25) is 27.9 Å². The highest BCUT2D eigenvalue weighted by molar-refractivity contribution is 7.89. The first-order valence-electron chi connectivity index (χ1n) is 42.7. The first kappa shape index (κ1) is 82.8. The lowest BCUT2D eigenvalue weighted by molar-refractivity contribution is 0.216. The van der Waals surface area contributed by atoms with Crippen molar-refractivity contribution in [2.75, 3.05) is 125 Å². The Hall–Kier alpha value is -13.2. The number of benzene rings is 7. The standard InChI is InChI=1S/C33H34FN7O.C32H33FN8O.C29H34FN7O3S/c1-20(2)41-22(4)36-31-21(3)14-23(15-29(31)41)32-27(34)17-35-33(38-32)37-24-10-11-28-30(16-24)42-19-26-18-39(12-13-40(26)28)25-8-6-5-7-9-25;1-19(2)41-21(4)36-30-20(3)13-22(14-27(30)41)31-25(33)16-35-32(38-31)37-23-8-9-26-28(15-23)42-18-24-17-39(11-12-40(24)26)29-7-5-6-10-34-29;1-6-41(38,39)35-9-10-36-22(15-35)16-40-26-13-21(7-8-24(26)36)33-29-31-14-23(30)28(34-29)20-11-18(4)27-25(12-20)37(17(2)3)19(5)32-27/h5-11,14-17,20,26H,12-13,18-19H2,1-4H3,(H,35,37,38);5-10,13-16,19,24H,11-12,17-18H2,1-4H3,(H,35,37,38);7-8,11-14,17,22H,6,9-10,15-16H2,1-5H3,(H,31,33,34). The molecule has 3 unspecified atom stereocenters. The molecule has 0 spiro atoms. The van der Waals surface area contributed by atoms with Crippen LogP contribution in [0.1, 0.15) is 101 Å². The fraction of sp³-hybridized carbons (Fsp3) is 0.340. The van der Waals surface area contributed by atoms with Crippen LogP contribution < -0.4 is 54.7 Å². The number of halogens is 3. The Bertz CT molecular complexity index is 6310. The quantitative estimate of drug-likeness (QED) is 0.0812. The largest absolute Gasteiger partial charge is 0.489 e. The number of pyridine rings is 1. The number of para-hydroxylation sites is 1. The van der Waals surface area contributed by atoms with Crippen LogP contribution in [0.4, 0.5) is 76.6 Å². The van der Waals surface area contributed by atoms with E-state index in [1.807, 2.05) is 145 Å². The molecule has 3 fully saturated rings. The molecule has 20 rings (SSSR count). The van der Waals surface area contributed by atoms with Gasteiger partial charge in [0.05, 0.1) is 92.6 Å². The van der Waals surface area contributed by atoms with E-state index in [-0.39, 0.29) is 65.0 Å². The fourth-order valence-electron chi connectivity index (χ4n) is 18.4. The van der Waals surface area contributed by atoms with Crippen LogP contribution in [-0.4, -0.2) is 179 Å². The number of hydrogen-bond donors (Lipinski definition) is 3. The molecule has 3 saturated heterocycles. The van der Waals surface area contributed by atoms with Crippen LogP contribution >= 0.6 is 0 Å². The van der Waals surface area contributed by atoms with Crippen molar-refractivity contribution in [3.8, 4) is 51.0 Å². The van der Waals surface area contributed by atoms with Gasteiger partial charge in [-0.3, -0.25) is 0 Å². The van der Waals surface area contributed by atoms with Crippen molar-refractivity contribution in [1.29, 1.82) is 0 Å². The van der Waals surface area contributed by atoms with Crippen molar-refractivity contribution >= 4 is 107 Å². The number of fused-ring (bicyclic) bond motifs is 12. The summed E-state index contributed by atoms with van der Waals surface area (Å²) in [6.45, 7) is 34.7. The highest BCUT2D eigenvalue weighted by atomic mass is 32.2. The number of aromatic nitrogens is 13. The minimum Gasteiger partial charge on any atom is -0.489 e. The molecule has 7 aromatic carbocycles. The molecule has 0 saturated carbocycles. The van der Waals surface area contributed by atoms with E-state index in [4.69, 9.17) is 29.2 Å². The van der Waals surface area contributed by atoms with Gasteiger partial charge in [-0.2, -0.15) is 4.31 Å². The molecule has 0 amide bonds. The summed E-state index contributed by atoms with van der Waals surface area (Å²) in [6, 6.07) is 47.1. The summed E-state index contributed by atoms with van der Waals surface area (Å²) in [5.74, 6) is 5.64. The number of nitrogens with one attached hydrogen (secondary N) is 3. The van der Waals surface area contributed by atoms with Gasteiger partial charge < -0.3 is 68.4 Å². The van der Waals surface area contributed by atoms with Gasteiger partial charge in [0, 0.05) is 141 Å². The molecule has 3 N–H and O–H groups in total. The summed E-state index contributed by atoms with van der Waals surface area (Å²) in [5, 5.41) is 9.71.